The zero-order valence-electron chi connectivity index (χ0n) is 11.4. The van der Waals surface area contributed by atoms with Crippen LogP contribution in [0.15, 0.2) is 53.0 Å². The van der Waals surface area contributed by atoms with E-state index in [-0.39, 0.29) is 5.78 Å². The SMILES string of the molecule is CCCCOc1ccc(C(=O)c2ccc(Br)cc2)cc1. The molecule has 0 fully saturated rings. The first kappa shape index (κ1) is 14.8. The summed E-state index contributed by atoms with van der Waals surface area (Å²) in [6, 6.07) is 14.7. The van der Waals surface area contributed by atoms with Crippen LogP contribution in [0, 0.1) is 0 Å². The molecule has 104 valence electrons. The molecule has 20 heavy (non-hydrogen) atoms. The third-order valence-electron chi connectivity index (χ3n) is 2.99. The van der Waals surface area contributed by atoms with Crippen molar-refractivity contribution in [1.29, 1.82) is 0 Å². The molecular formula is C17H17BrO2. The maximum Gasteiger partial charge on any atom is 0.193 e. The standard InChI is InChI=1S/C17H17BrO2/c1-2-3-12-20-16-10-6-14(7-11-16)17(19)13-4-8-15(18)9-5-13/h4-11H,2-3,12H2,1H3. The number of hydrogen-bond donors (Lipinski definition) is 0. The molecule has 0 heterocycles. The van der Waals surface area contributed by atoms with E-state index in [1.165, 1.54) is 0 Å². The van der Waals surface area contributed by atoms with Crippen LogP contribution < -0.4 is 4.74 Å². The van der Waals surface area contributed by atoms with E-state index < -0.39 is 0 Å². The lowest BCUT2D eigenvalue weighted by Gasteiger charge is -2.06. The van der Waals surface area contributed by atoms with Gasteiger partial charge in [-0.2, -0.15) is 0 Å². The highest BCUT2D eigenvalue weighted by molar-refractivity contribution is 9.10. The summed E-state index contributed by atoms with van der Waals surface area (Å²) >= 11 is 3.36. The summed E-state index contributed by atoms with van der Waals surface area (Å²) in [5, 5.41) is 0. The second-order valence-corrected chi connectivity index (χ2v) is 5.48. The van der Waals surface area contributed by atoms with Gasteiger partial charge in [0.05, 0.1) is 6.61 Å². The van der Waals surface area contributed by atoms with Gasteiger partial charge in [-0.3, -0.25) is 4.79 Å². The molecule has 0 aliphatic rings. The highest BCUT2D eigenvalue weighted by atomic mass is 79.9. The molecule has 0 aliphatic heterocycles. The van der Waals surface area contributed by atoms with Crippen LogP contribution in [0.3, 0.4) is 0 Å². The number of ketones is 1. The molecule has 0 atom stereocenters. The smallest absolute Gasteiger partial charge is 0.193 e. The molecule has 2 rings (SSSR count). The first-order valence-electron chi connectivity index (χ1n) is 6.74. The molecular weight excluding hydrogens is 316 g/mol. The van der Waals surface area contributed by atoms with Crippen LogP contribution >= 0.6 is 15.9 Å². The van der Waals surface area contributed by atoms with E-state index in [0.29, 0.717) is 11.1 Å². The molecule has 0 amide bonds. The molecule has 2 aromatic carbocycles. The largest absolute Gasteiger partial charge is 0.494 e. The van der Waals surface area contributed by atoms with E-state index in [1.807, 2.05) is 48.5 Å². The molecule has 0 spiro atoms. The molecule has 0 aromatic heterocycles. The molecule has 0 N–H and O–H groups in total. The lowest BCUT2D eigenvalue weighted by atomic mass is 10.0. The van der Waals surface area contributed by atoms with Crippen molar-refractivity contribution < 1.29 is 9.53 Å². The van der Waals surface area contributed by atoms with Gasteiger partial charge >= 0.3 is 0 Å². The van der Waals surface area contributed by atoms with Crippen molar-refractivity contribution in [2.75, 3.05) is 6.61 Å². The Hall–Kier alpha value is -1.61. The predicted molar refractivity (Wildman–Crippen MR) is 84.4 cm³/mol. The molecule has 2 nitrogen and oxygen atoms in total. The minimum Gasteiger partial charge on any atom is -0.494 e. The van der Waals surface area contributed by atoms with Gasteiger partial charge in [-0.1, -0.05) is 29.3 Å². The topological polar surface area (TPSA) is 26.3 Å². The normalized spacial score (nSPS) is 10.3. The van der Waals surface area contributed by atoms with Crippen LogP contribution in [0.4, 0.5) is 0 Å². The number of hydrogen-bond acceptors (Lipinski definition) is 2. The van der Waals surface area contributed by atoms with Crippen molar-refractivity contribution in [3.05, 3.63) is 64.1 Å². The Kier molecular flexibility index (Phi) is 5.36. The van der Waals surface area contributed by atoms with Crippen LogP contribution in [0.25, 0.3) is 0 Å². The van der Waals surface area contributed by atoms with Crippen LogP contribution in [-0.4, -0.2) is 12.4 Å². The summed E-state index contributed by atoms with van der Waals surface area (Å²) in [5.74, 6) is 0.836. The molecule has 3 heteroatoms. The number of benzene rings is 2. The minimum atomic E-state index is 0.0256. The average molecular weight is 333 g/mol. The monoisotopic (exact) mass is 332 g/mol. The quantitative estimate of drug-likeness (QED) is 0.557. The maximum atomic E-state index is 12.3. The molecule has 2 aromatic rings. The Bertz CT molecular complexity index is 559. The molecule has 0 bridgehead atoms. The second kappa shape index (κ2) is 7.25. The summed E-state index contributed by atoms with van der Waals surface area (Å²) in [6.45, 7) is 2.85. The highest BCUT2D eigenvalue weighted by Gasteiger charge is 2.08. The van der Waals surface area contributed by atoms with Crippen molar-refractivity contribution in [3.63, 3.8) is 0 Å². The Morgan fingerprint density at radius 3 is 2.10 bits per heavy atom. The second-order valence-electron chi connectivity index (χ2n) is 4.56. The van der Waals surface area contributed by atoms with Gasteiger partial charge < -0.3 is 4.74 Å². The molecule has 0 radical (unpaired) electrons. The van der Waals surface area contributed by atoms with Crippen molar-refractivity contribution in [1.82, 2.24) is 0 Å². The van der Waals surface area contributed by atoms with E-state index in [1.54, 1.807) is 0 Å². The van der Waals surface area contributed by atoms with E-state index in [2.05, 4.69) is 22.9 Å². The van der Waals surface area contributed by atoms with Crippen LogP contribution in [0.2, 0.25) is 0 Å². The number of carbonyl (C=O) groups is 1. The summed E-state index contributed by atoms with van der Waals surface area (Å²) in [7, 11) is 0. The third kappa shape index (κ3) is 3.94. The van der Waals surface area contributed by atoms with Gasteiger partial charge in [0.1, 0.15) is 5.75 Å². The van der Waals surface area contributed by atoms with Gasteiger partial charge in [0.2, 0.25) is 0 Å². The lowest BCUT2D eigenvalue weighted by Crippen LogP contribution is -2.01. The van der Waals surface area contributed by atoms with Crippen molar-refractivity contribution >= 4 is 21.7 Å². The molecule has 0 saturated heterocycles. The average Bonchev–Trinajstić information content (AvgIpc) is 2.48. The fourth-order valence-corrected chi connectivity index (χ4v) is 2.07. The number of rotatable bonds is 6. The Labute approximate surface area is 127 Å². The number of ether oxygens (including phenoxy) is 1. The Morgan fingerprint density at radius 2 is 1.55 bits per heavy atom. The van der Waals surface area contributed by atoms with Gasteiger partial charge in [-0.05, 0) is 55.0 Å². The Balaban J connectivity index is 2.05. The Morgan fingerprint density at radius 1 is 1.00 bits per heavy atom. The lowest BCUT2D eigenvalue weighted by molar-refractivity contribution is 0.103. The third-order valence-corrected chi connectivity index (χ3v) is 3.52. The van der Waals surface area contributed by atoms with Crippen LogP contribution in [0.1, 0.15) is 35.7 Å². The van der Waals surface area contributed by atoms with Crippen LogP contribution in [0.5, 0.6) is 5.75 Å². The van der Waals surface area contributed by atoms with Crippen LogP contribution in [-0.2, 0) is 0 Å². The summed E-state index contributed by atoms with van der Waals surface area (Å²) < 4.78 is 6.55. The summed E-state index contributed by atoms with van der Waals surface area (Å²) in [5.41, 5.74) is 1.36. The molecule has 0 unspecified atom stereocenters. The predicted octanol–water partition coefficient (Wildman–Crippen LogP) is 4.86. The number of halogens is 1. The van der Waals surface area contributed by atoms with Gasteiger partial charge in [-0.15, -0.1) is 0 Å². The zero-order valence-corrected chi connectivity index (χ0v) is 13.0. The fraction of sp³-hybridized carbons (Fsp3) is 0.235. The highest BCUT2D eigenvalue weighted by Crippen LogP contribution is 2.17. The number of unbranched alkanes of at least 4 members (excludes halogenated alkanes) is 1. The first-order chi connectivity index (χ1) is 9.70. The maximum absolute atomic E-state index is 12.3. The van der Waals surface area contributed by atoms with Gasteiger partial charge in [0.25, 0.3) is 0 Å². The van der Waals surface area contributed by atoms with E-state index in [4.69, 9.17) is 4.74 Å². The summed E-state index contributed by atoms with van der Waals surface area (Å²) in [4.78, 5) is 12.3. The first-order valence-corrected chi connectivity index (χ1v) is 7.53. The van der Waals surface area contributed by atoms with E-state index in [0.717, 1.165) is 29.7 Å². The number of carbonyl (C=O) groups excluding carboxylic acids is 1. The van der Waals surface area contributed by atoms with Gasteiger partial charge in [0, 0.05) is 15.6 Å². The van der Waals surface area contributed by atoms with Gasteiger partial charge in [-0.25, -0.2) is 0 Å². The minimum absolute atomic E-state index is 0.0256. The van der Waals surface area contributed by atoms with Crippen molar-refractivity contribution in [2.24, 2.45) is 0 Å². The zero-order chi connectivity index (χ0) is 14.4. The van der Waals surface area contributed by atoms with Crippen molar-refractivity contribution in [3.8, 4) is 5.75 Å². The van der Waals surface area contributed by atoms with E-state index in [9.17, 15) is 4.79 Å². The van der Waals surface area contributed by atoms with E-state index >= 15 is 0 Å². The van der Waals surface area contributed by atoms with Gasteiger partial charge in [0.15, 0.2) is 5.78 Å². The summed E-state index contributed by atoms with van der Waals surface area (Å²) in [6.07, 6.45) is 2.15. The van der Waals surface area contributed by atoms with Crippen molar-refractivity contribution in [2.45, 2.75) is 19.8 Å². The molecule has 0 aliphatic carbocycles. The molecule has 0 saturated carbocycles. The fourth-order valence-electron chi connectivity index (χ4n) is 1.80.